The quantitative estimate of drug-likeness (QED) is 0.757. The van der Waals surface area contributed by atoms with E-state index >= 15 is 0 Å². The van der Waals surface area contributed by atoms with E-state index in [0.717, 1.165) is 24.3 Å². The first-order chi connectivity index (χ1) is 9.11. The second-order valence-electron chi connectivity index (χ2n) is 5.03. The van der Waals surface area contributed by atoms with E-state index in [0.29, 0.717) is 12.5 Å². The van der Waals surface area contributed by atoms with Crippen LogP contribution >= 0.6 is 11.6 Å². The van der Waals surface area contributed by atoms with E-state index in [2.05, 4.69) is 48.5 Å². The predicted octanol–water partition coefficient (Wildman–Crippen LogP) is 3.55. The zero-order valence-electron chi connectivity index (χ0n) is 11.8. The fraction of sp³-hybridized carbons (Fsp3) is 0.533. The molecule has 0 atom stereocenters. The Morgan fingerprint density at radius 2 is 2.16 bits per heavy atom. The molecule has 19 heavy (non-hydrogen) atoms. The van der Waals surface area contributed by atoms with Crippen LogP contribution in [-0.4, -0.2) is 28.1 Å². The zero-order valence-corrected chi connectivity index (χ0v) is 12.6. The highest BCUT2D eigenvalue weighted by atomic mass is 35.5. The largest absolute Gasteiger partial charge is 0.377 e. The fourth-order valence-corrected chi connectivity index (χ4v) is 2.36. The number of rotatable bonds is 6. The van der Waals surface area contributed by atoms with Gasteiger partial charge in [-0.15, -0.1) is 11.6 Å². The fourth-order valence-electron chi connectivity index (χ4n) is 2.19. The van der Waals surface area contributed by atoms with Gasteiger partial charge in [0.15, 0.2) is 0 Å². The van der Waals surface area contributed by atoms with Crippen LogP contribution in [0.5, 0.6) is 0 Å². The molecule has 104 valence electrons. The van der Waals surface area contributed by atoms with Gasteiger partial charge < -0.3 is 9.30 Å². The number of hydrogen-bond acceptors (Lipinski definition) is 2. The number of halogens is 1. The maximum Gasteiger partial charge on any atom is 0.111 e. The third-order valence-electron chi connectivity index (χ3n) is 3.07. The van der Waals surface area contributed by atoms with Crippen LogP contribution in [0.15, 0.2) is 18.2 Å². The van der Waals surface area contributed by atoms with Gasteiger partial charge in [0.05, 0.1) is 23.7 Å². The van der Waals surface area contributed by atoms with E-state index in [4.69, 9.17) is 16.3 Å². The minimum absolute atomic E-state index is 0.257. The molecule has 0 fully saturated rings. The maximum atomic E-state index is 5.87. The predicted molar refractivity (Wildman–Crippen MR) is 80.0 cm³/mol. The Morgan fingerprint density at radius 3 is 2.84 bits per heavy atom. The summed E-state index contributed by atoms with van der Waals surface area (Å²) < 4.78 is 7.88. The summed E-state index contributed by atoms with van der Waals surface area (Å²) in [7, 11) is 0. The van der Waals surface area contributed by atoms with Crippen LogP contribution in [0.25, 0.3) is 11.0 Å². The number of ether oxygens (including phenoxy) is 1. The van der Waals surface area contributed by atoms with E-state index in [-0.39, 0.29) is 6.10 Å². The Kier molecular flexibility index (Phi) is 4.83. The molecule has 0 unspecified atom stereocenters. The molecule has 0 spiro atoms. The summed E-state index contributed by atoms with van der Waals surface area (Å²) in [4.78, 5) is 4.66. The molecular weight excluding hydrogens is 260 g/mol. The zero-order chi connectivity index (χ0) is 13.8. The first-order valence-corrected chi connectivity index (χ1v) is 7.28. The summed E-state index contributed by atoms with van der Waals surface area (Å²) in [6, 6.07) is 6.34. The molecule has 0 radical (unpaired) electrons. The number of benzene rings is 1. The van der Waals surface area contributed by atoms with Crippen molar-refractivity contribution in [2.24, 2.45) is 0 Å². The van der Waals surface area contributed by atoms with Crippen LogP contribution in [0, 0.1) is 6.92 Å². The smallest absolute Gasteiger partial charge is 0.111 e. The van der Waals surface area contributed by atoms with Crippen molar-refractivity contribution in [2.75, 3.05) is 12.5 Å². The summed E-state index contributed by atoms with van der Waals surface area (Å²) in [6.07, 6.45) is 1.05. The number of fused-ring (bicyclic) bond motifs is 1. The molecule has 0 aliphatic carbocycles. The van der Waals surface area contributed by atoms with Gasteiger partial charge in [-0.2, -0.15) is 0 Å². The van der Waals surface area contributed by atoms with Gasteiger partial charge in [-0.3, -0.25) is 0 Å². The summed E-state index contributed by atoms with van der Waals surface area (Å²) in [5, 5.41) is 0. The van der Waals surface area contributed by atoms with E-state index in [1.807, 2.05) is 0 Å². The molecule has 1 aromatic heterocycles. The summed E-state index contributed by atoms with van der Waals surface area (Å²) in [5.74, 6) is 1.64. The van der Waals surface area contributed by atoms with Crippen molar-refractivity contribution in [3.8, 4) is 0 Å². The van der Waals surface area contributed by atoms with Crippen LogP contribution in [-0.2, 0) is 17.7 Å². The molecule has 3 nitrogen and oxygen atoms in total. The molecule has 1 heterocycles. The lowest BCUT2D eigenvalue weighted by Crippen LogP contribution is -2.13. The number of aryl methyl sites for hydroxylation is 2. The molecule has 2 rings (SSSR count). The maximum absolute atomic E-state index is 5.87. The Labute approximate surface area is 119 Å². The molecule has 0 bridgehead atoms. The van der Waals surface area contributed by atoms with Crippen LogP contribution < -0.4 is 0 Å². The molecule has 4 heteroatoms. The summed E-state index contributed by atoms with van der Waals surface area (Å²) in [6.45, 7) is 7.73. The van der Waals surface area contributed by atoms with E-state index in [1.54, 1.807) is 0 Å². The number of aromatic nitrogens is 2. The van der Waals surface area contributed by atoms with Crippen molar-refractivity contribution in [1.29, 1.82) is 0 Å². The second kappa shape index (κ2) is 6.40. The third kappa shape index (κ3) is 3.48. The van der Waals surface area contributed by atoms with Gasteiger partial charge in [-0.1, -0.05) is 6.07 Å². The van der Waals surface area contributed by atoms with Crippen molar-refractivity contribution < 1.29 is 4.74 Å². The standard InChI is InChI=1S/C15H21ClN2O/c1-11(2)19-9-8-18-14-10-12(3)4-5-13(14)17-15(18)6-7-16/h4-5,10-11H,6-9H2,1-3H3. The van der Waals surface area contributed by atoms with Gasteiger partial charge in [0.25, 0.3) is 0 Å². The molecule has 0 aliphatic rings. The van der Waals surface area contributed by atoms with Crippen LogP contribution in [0.4, 0.5) is 0 Å². The second-order valence-corrected chi connectivity index (χ2v) is 5.41. The minimum atomic E-state index is 0.257. The van der Waals surface area contributed by atoms with E-state index in [1.165, 1.54) is 11.1 Å². The molecule has 0 aliphatic heterocycles. The summed E-state index contributed by atoms with van der Waals surface area (Å²) >= 11 is 5.87. The first kappa shape index (κ1) is 14.4. The SMILES string of the molecule is Cc1ccc2nc(CCCl)n(CCOC(C)C)c2c1. The van der Waals surface area contributed by atoms with Crippen molar-refractivity contribution in [2.45, 2.75) is 39.8 Å². The van der Waals surface area contributed by atoms with Gasteiger partial charge in [0, 0.05) is 18.8 Å². The van der Waals surface area contributed by atoms with E-state index in [9.17, 15) is 0 Å². The molecule has 0 saturated carbocycles. The number of nitrogens with zero attached hydrogens (tertiary/aromatic N) is 2. The van der Waals surface area contributed by atoms with Crippen LogP contribution in [0.2, 0.25) is 0 Å². The lowest BCUT2D eigenvalue weighted by atomic mass is 10.2. The highest BCUT2D eigenvalue weighted by Crippen LogP contribution is 2.18. The Balaban J connectivity index is 2.30. The third-order valence-corrected chi connectivity index (χ3v) is 3.26. The van der Waals surface area contributed by atoms with Gasteiger partial charge in [-0.25, -0.2) is 4.98 Å². The van der Waals surface area contributed by atoms with Crippen molar-refractivity contribution in [1.82, 2.24) is 9.55 Å². The lowest BCUT2D eigenvalue weighted by molar-refractivity contribution is 0.0729. The molecule has 0 N–H and O–H groups in total. The van der Waals surface area contributed by atoms with Crippen molar-refractivity contribution in [3.05, 3.63) is 29.6 Å². The first-order valence-electron chi connectivity index (χ1n) is 6.75. The van der Waals surface area contributed by atoms with Gasteiger partial charge in [0.1, 0.15) is 5.82 Å². The van der Waals surface area contributed by atoms with Gasteiger partial charge >= 0.3 is 0 Å². The van der Waals surface area contributed by atoms with Crippen molar-refractivity contribution >= 4 is 22.6 Å². The molecule has 1 aromatic carbocycles. The van der Waals surface area contributed by atoms with Crippen LogP contribution in [0.3, 0.4) is 0 Å². The number of alkyl halides is 1. The molecule has 0 saturated heterocycles. The van der Waals surface area contributed by atoms with Gasteiger partial charge in [-0.05, 0) is 38.5 Å². The topological polar surface area (TPSA) is 27.1 Å². The molecule has 2 aromatic rings. The number of imidazole rings is 1. The molecule has 0 amide bonds. The number of hydrogen-bond donors (Lipinski definition) is 0. The average Bonchev–Trinajstić information content (AvgIpc) is 2.67. The molecular formula is C15H21ClN2O. The summed E-state index contributed by atoms with van der Waals surface area (Å²) in [5.41, 5.74) is 3.46. The van der Waals surface area contributed by atoms with E-state index < -0.39 is 0 Å². The Hall–Kier alpha value is -1.06. The Bertz CT molecular complexity index is 548. The minimum Gasteiger partial charge on any atom is -0.377 e. The van der Waals surface area contributed by atoms with Gasteiger partial charge in [0.2, 0.25) is 0 Å². The Morgan fingerprint density at radius 1 is 1.37 bits per heavy atom. The highest BCUT2D eigenvalue weighted by Gasteiger charge is 2.10. The van der Waals surface area contributed by atoms with Crippen molar-refractivity contribution in [3.63, 3.8) is 0 Å². The highest BCUT2D eigenvalue weighted by molar-refractivity contribution is 6.17. The van der Waals surface area contributed by atoms with Crippen LogP contribution in [0.1, 0.15) is 25.2 Å². The normalized spacial score (nSPS) is 11.6. The lowest BCUT2D eigenvalue weighted by Gasteiger charge is -2.11. The monoisotopic (exact) mass is 280 g/mol. The average molecular weight is 281 g/mol.